The third kappa shape index (κ3) is 4.58. The van der Waals surface area contributed by atoms with Crippen molar-refractivity contribution in [2.24, 2.45) is 10.8 Å². The zero-order valence-electron chi connectivity index (χ0n) is 12.4. The van der Waals surface area contributed by atoms with Crippen molar-refractivity contribution in [2.45, 2.75) is 47.5 Å². The molecule has 0 heterocycles. The molecule has 0 atom stereocenters. The summed E-state index contributed by atoms with van der Waals surface area (Å²) in [4.78, 5) is 10.6. The highest BCUT2D eigenvalue weighted by Gasteiger charge is 2.26. The Morgan fingerprint density at radius 3 is 2.00 bits per heavy atom. The molecule has 0 radical (unpaired) electrons. The van der Waals surface area contributed by atoms with Crippen LogP contribution in [0.25, 0.3) is 0 Å². The summed E-state index contributed by atoms with van der Waals surface area (Å²) in [6, 6.07) is 0. The standard InChI is InChI=1S/C9H18O2.C7H6O/c1-8(2,3)6-9(4,5)7(10)11;8-7-4-5-1-2-6(7)3-5/h6H2,1-5H3,(H,10,11);1-2,4,8H,3H2/p-1. The van der Waals surface area contributed by atoms with E-state index in [1.165, 1.54) is 5.57 Å². The van der Waals surface area contributed by atoms with Gasteiger partial charge in [-0.25, -0.2) is 0 Å². The number of carbonyl (C=O) groups is 1. The molecule has 3 heteroatoms. The Kier molecular flexibility index (Phi) is 4.28. The van der Waals surface area contributed by atoms with Gasteiger partial charge in [0.05, 0.1) is 0 Å². The minimum Gasteiger partial charge on any atom is -0.550 e. The predicted octanol–water partition coefficient (Wildman–Crippen LogP) is 2.90. The summed E-state index contributed by atoms with van der Waals surface area (Å²) in [5, 5.41) is 19.6. The van der Waals surface area contributed by atoms with Crippen molar-refractivity contribution in [3.05, 3.63) is 35.1 Å². The number of carboxylic acids is 1. The molecule has 1 N–H and O–H groups in total. The molecule has 106 valence electrons. The van der Waals surface area contributed by atoms with Crippen LogP contribution in [0.15, 0.2) is 35.1 Å². The Morgan fingerprint density at radius 1 is 1.26 bits per heavy atom. The number of rotatable bonds is 2. The summed E-state index contributed by atoms with van der Waals surface area (Å²) in [7, 11) is 0. The Balaban J connectivity index is 0.000000196. The lowest BCUT2D eigenvalue weighted by atomic mass is 9.76. The first-order valence-electron chi connectivity index (χ1n) is 6.53. The number of hydrogen-bond acceptors (Lipinski definition) is 3. The maximum absolute atomic E-state index is 10.6. The van der Waals surface area contributed by atoms with Gasteiger partial charge >= 0.3 is 0 Å². The van der Waals surface area contributed by atoms with Crippen LogP contribution in [-0.4, -0.2) is 11.1 Å². The minimum absolute atomic E-state index is 0.0452. The number of aliphatic hydroxyl groups excluding tert-OH is 1. The van der Waals surface area contributed by atoms with E-state index < -0.39 is 11.4 Å². The highest BCUT2D eigenvalue weighted by Crippen LogP contribution is 2.32. The van der Waals surface area contributed by atoms with Crippen LogP contribution in [0, 0.1) is 10.8 Å². The van der Waals surface area contributed by atoms with Gasteiger partial charge in [0.1, 0.15) is 5.76 Å². The number of aliphatic carboxylic acids is 1. The first kappa shape index (κ1) is 15.5. The van der Waals surface area contributed by atoms with Gasteiger partial charge in [-0.1, -0.05) is 46.8 Å². The van der Waals surface area contributed by atoms with Gasteiger partial charge in [-0.15, -0.1) is 0 Å². The van der Waals surface area contributed by atoms with Crippen LogP contribution in [0.2, 0.25) is 0 Å². The fourth-order valence-corrected chi connectivity index (χ4v) is 2.49. The van der Waals surface area contributed by atoms with Gasteiger partial charge in [0.2, 0.25) is 0 Å². The van der Waals surface area contributed by atoms with E-state index in [4.69, 9.17) is 5.11 Å². The van der Waals surface area contributed by atoms with E-state index >= 15 is 0 Å². The van der Waals surface area contributed by atoms with Crippen LogP contribution in [0.5, 0.6) is 0 Å². The molecule has 0 fully saturated rings. The van der Waals surface area contributed by atoms with Gasteiger partial charge in [-0.05, 0) is 29.1 Å². The summed E-state index contributed by atoms with van der Waals surface area (Å²) < 4.78 is 0. The molecule has 2 bridgehead atoms. The lowest BCUT2D eigenvalue weighted by molar-refractivity contribution is -0.318. The summed E-state index contributed by atoms with van der Waals surface area (Å²) in [6.45, 7) is 9.48. The van der Waals surface area contributed by atoms with Crippen LogP contribution < -0.4 is 5.11 Å². The molecule has 0 amide bonds. The molecule has 3 nitrogen and oxygen atoms in total. The molecule has 0 aliphatic heterocycles. The number of aliphatic hydroxyl groups is 1. The smallest absolute Gasteiger partial charge is 0.119 e. The molecule has 0 saturated carbocycles. The van der Waals surface area contributed by atoms with E-state index in [2.05, 4.69) is 0 Å². The quantitative estimate of drug-likeness (QED) is 0.833. The van der Waals surface area contributed by atoms with Crippen molar-refractivity contribution in [3.63, 3.8) is 0 Å². The summed E-state index contributed by atoms with van der Waals surface area (Å²) in [6.07, 6.45) is 7.41. The van der Waals surface area contributed by atoms with Crippen LogP contribution in [-0.2, 0) is 4.79 Å². The molecular formula is C16H23O3-. The zero-order chi connectivity index (χ0) is 14.8. The number of hydrogen-bond donors (Lipinski definition) is 1. The molecule has 2 aliphatic rings. The second-order valence-electron chi connectivity index (χ2n) is 7.05. The minimum atomic E-state index is -0.965. The van der Waals surface area contributed by atoms with E-state index in [0.717, 1.165) is 12.0 Å². The molecule has 0 unspecified atom stereocenters. The van der Waals surface area contributed by atoms with Crippen molar-refractivity contribution in [2.75, 3.05) is 0 Å². The monoisotopic (exact) mass is 263 g/mol. The summed E-state index contributed by atoms with van der Waals surface area (Å²) >= 11 is 0. The lowest BCUT2D eigenvalue weighted by Gasteiger charge is -2.33. The van der Waals surface area contributed by atoms with E-state index in [1.807, 2.05) is 39.0 Å². The third-order valence-electron chi connectivity index (χ3n) is 3.07. The van der Waals surface area contributed by atoms with E-state index in [9.17, 15) is 9.90 Å². The van der Waals surface area contributed by atoms with Crippen molar-refractivity contribution < 1.29 is 15.0 Å². The molecule has 2 rings (SSSR count). The van der Waals surface area contributed by atoms with Crippen LogP contribution in [0.1, 0.15) is 47.5 Å². The van der Waals surface area contributed by atoms with Crippen molar-refractivity contribution >= 4 is 5.97 Å². The SMILES string of the molecule is CC(C)(C)CC(C)(C)C(=O)[O-].OC1=C2C=CC(=C1)C2. The average molecular weight is 263 g/mol. The second-order valence-corrected chi connectivity index (χ2v) is 7.05. The topological polar surface area (TPSA) is 60.4 Å². The Morgan fingerprint density at radius 2 is 1.84 bits per heavy atom. The van der Waals surface area contributed by atoms with Gasteiger partial charge in [0.15, 0.2) is 0 Å². The van der Waals surface area contributed by atoms with E-state index in [0.29, 0.717) is 12.2 Å². The Bertz CT molecular complexity index is 457. The zero-order valence-corrected chi connectivity index (χ0v) is 12.4. The van der Waals surface area contributed by atoms with Crippen LogP contribution in [0.4, 0.5) is 0 Å². The molecule has 2 aliphatic carbocycles. The molecule has 19 heavy (non-hydrogen) atoms. The largest absolute Gasteiger partial charge is 0.550 e. The van der Waals surface area contributed by atoms with E-state index in [1.54, 1.807) is 13.8 Å². The molecule has 0 aromatic carbocycles. The van der Waals surface area contributed by atoms with E-state index in [-0.39, 0.29) is 5.41 Å². The fraction of sp³-hybridized carbons (Fsp3) is 0.562. The Hall–Kier alpha value is -1.51. The van der Waals surface area contributed by atoms with Crippen LogP contribution in [0.3, 0.4) is 0 Å². The average Bonchev–Trinajstić information content (AvgIpc) is 2.75. The molecular weight excluding hydrogens is 240 g/mol. The molecule has 0 aromatic rings. The third-order valence-corrected chi connectivity index (χ3v) is 3.07. The first-order chi connectivity index (χ1) is 8.51. The number of carbonyl (C=O) groups excluding carboxylic acids is 1. The maximum atomic E-state index is 10.6. The van der Waals surface area contributed by atoms with Crippen LogP contribution >= 0.6 is 0 Å². The number of allylic oxidation sites excluding steroid dienone is 5. The predicted molar refractivity (Wildman–Crippen MR) is 74.4 cm³/mol. The molecule has 0 aromatic heterocycles. The van der Waals surface area contributed by atoms with Crippen molar-refractivity contribution in [1.29, 1.82) is 0 Å². The van der Waals surface area contributed by atoms with Gasteiger partial charge in [0, 0.05) is 17.8 Å². The van der Waals surface area contributed by atoms with Crippen molar-refractivity contribution in [1.82, 2.24) is 0 Å². The fourth-order valence-electron chi connectivity index (χ4n) is 2.49. The summed E-state index contributed by atoms with van der Waals surface area (Å²) in [5.74, 6) is -0.505. The lowest BCUT2D eigenvalue weighted by Crippen LogP contribution is -2.40. The second kappa shape index (κ2) is 5.24. The van der Waals surface area contributed by atoms with Gasteiger partial charge in [0.25, 0.3) is 0 Å². The summed E-state index contributed by atoms with van der Waals surface area (Å²) in [5.41, 5.74) is 1.64. The molecule has 0 spiro atoms. The van der Waals surface area contributed by atoms with Gasteiger partial charge in [-0.2, -0.15) is 0 Å². The number of carboxylic acid groups (broad SMARTS) is 1. The van der Waals surface area contributed by atoms with Gasteiger partial charge < -0.3 is 15.0 Å². The molecule has 0 saturated heterocycles. The van der Waals surface area contributed by atoms with Gasteiger partial charge in [-0.3, -0.25) is 0 Å². The normalized spacial score (nSPS) is 17.2. The highest BCUT2D eigenvalue weighted by molar-refractivity contribution is 5.71. The van der Waals surface area contributed by atoms with Crippen molar-refractivity contribution in [3.8, 4) is 0 Å². The first-order valence-corrected chi connectivity index (χ1v) is 6.53. The number of fused-ring (bicyclic) bond motifs is 2. The Labute approximate surface area is 115 Å². The highest BCUT2D eigenvalue weighted by atomic mass is 16.4. The maximum Gasteiger partial charge on any atom is 0.119 e.